The van der Waals surface area contributed by atoms with Crippen LogP contribution in [0.2, 0.25) is 0 Å². The predicted molar refractivity (Wildman–Crippen MR) is 77.3 cm³/mol. The van der Waals surface area contributed by atoms with Gasteiger partial charge < -0.3 is 19.5 Å². The summed E-state index contributed by atoms with van der Waals surface area (Å²) >= 11 is 0. The van der Waals surface area contributed by atoms with Crippen molar-refractivity contribution >= 4 is 0 Å². The molecule has 0 spiro atoms. The van der Waals surface area contributed by atoms with Crippen LogP contribution in [0.3, 0.4) is 0 Å². The van der Waals surface area contributed by atoms with Crippen molar-refractivity contribution < 1.29 is 14.2 Å². The Morgan fingerprint density at radius 2 is 1.90 bits per heavy atom. The fourth-order valence-electron chi connectivity index (χ4n) is 3.21. The average Bonchev–Trinajstić information content (AvgIpc) is 2.75. The van der Waals surface area contributed by atoms with E-state index in [1.54, 1.807) is 7.11 Å². The zero-order valence-corrected chi connectivity index (χ0v) is 12.9. The number of hydrogen-bond acceptors (Lipinski definition) is 4. The third kappa shape index (κ3) is 1.85. The normalized spacial score (nSPS) is 21.9. The van der Waals surface area contributed by atoms with E-state index in [-0.39, 0.29) is 6.79 Å². The lowest BCUT2D eigenvalue weighted by atomic mass is 10.0. The number of benzene rings is 1. The second kappa shape index (κ2) is 4.29. The summed E-state index contributed by atoms with van der Waals surface area (Å²) in [4.78, 5) is 0. The van der Waals surface area contributed by atoms with E-state index in [2.05, 4.69) is 33.0 Å². The maximum atomic E-state index is 5.46. The Kier molecular flexibility index (Phi) is 2.91. The Hall–Kier alpha value is -1.42. The molecule has 0 radical (unpaired) electrons. The van der Waals surface area contributed by atoms with Gasteiger partial charge in [0.2, 0.25) is 12.5 Å². The summed E-state index contributed by atoms with van der Waals surface area (Å²) in [5, 5.41) is 3.64. The molecule has 0 unspecified atom stereocenters. The van der Waals surface area contributed by atoms with Gasteiger partial charge in [-0.15, -0.1) is 0 Å². The van der Waals surface area contributed by atoms with Gasteiger partial charge in [-0.25, -0.2) is 0 Å². The maximum absolute atomic E-state index is 5.46. The molecule has 0 saturated heterocycles. The van der Waals surface area contributed by atoms with Crippen LogP contribution in [0.1, 0.15) is 33.3 Å². The van der Waals surface area contributed by atoms with E-state index in [1.165, 1.54) is 0 Å². The molecule has 1 aromatic carbocycles. The molecular formula is C16H23NO3. The highest BCUT2D eigenvalue weighted by Gasteiger charge is 2.64. The van der Waals surface area contributed by atoms with Gasteiger partial charge in [-0.2, -0.15) is 0 Å². The summed E-state index contributed by atoms with van der Waals surface area (Å²) in [6.07, 6.45) is 0. The van der Waals surface area contributed by atoms with E-state index in [1.807, 2.05) is 12.1 Å². The van der Waals surface area contributed by atoms with Gasteiger partial charge in [-0.3, -0.25) is 0 Å². The molecular weight excluding hydrogens is 254 g/mol. The zero-order valence-electron chi connectivity index (χ0n) is 12.9. The lowest BCUT2D eigenvalue weighted by Gasteiger charge is -2.10. The molecule has 1 N–H and O–H groups in total. The topological polar surface area (TPSA) is 39.7 Å². The quantitative estimate of drug-likeness (QED) is 0.918. The van der Waals surface area contributed by atoms with Crippen molar-refractivity contribution in [3.63, 3.8) is 0 Å². The summed E-state index contributed by atoms with van der Waals surface area (Å²) in [6.45, 7) is 10.3. The highest BCUT2D eigenvalue weighted by atomic mass is 16.7. The minimum atomic E-state index is 0.269. The molecule has 3 rings (SSSR count). The lowest BCUT2D eigenvalue weighted by Crippen LogP contribution is -2.21. The second-order valence-electron chi connectivity index (χ2n) is 6.79. The number of methoxy groups -OCH3 is 1. The molecule has 1 aliphatic heterocycles. The van der Waals surface area contributed by atoms with Gasteiger partial charge in [0.15, 0.2) is 11.5 Å². The highest BCUT2D eigenvalue weighted by molar-refractivity contribution is 5.55. The van der Waals surface area contributed by atoms with Gasteiger partial charge in [0.1, 0.15) is 0 Å². The fourth-order valence-corrected chi connectivity index (χ4v) is 3.21. The van der Waals surface area contributed by atoms with Crippen molar-refractivity contribution in [3.8, 4) is 17.2 Å². The molecule has 0 amide bonds. The first kappa shape index (κ1) is 13.6. The first-order valence-electron chi connectivity index (χ1n) is 7.08. The summed E-state index contributed by atoms with van der Waals surface area (Å²) in [5.41, 5.74) is 1.84. The average molecular weight is 277 g/mol. The monoisotopic (exact) mass is 277 g/mol. The molecule has 1 fully saturated rings. The van der Waals surface area contributed by atoms with E-state index in [9.17, 15) is 0 Å². The molecule has 4 heteroatoms. The summed E-state index contributed by atoms with van der Waals surface area (Å²) < 4.78 is 16.2. The smallest absolute Gasteiger partial charge is 0.231 e. The standard InChI is InChI=1S/C16H23NO3/c1-15(2)14(16(15,3)4)17-8-10-6-11(18-5)13-12(7-10)19-9-20-13/h6-7,14,17H,8-9H2,1-5H3. The van der Waals surface area contributed by atoms with Crippen molar-refractivity contribution in [2.45, 2.75) is 40.3 Å². The van der Waals surface area contributed by atoms with Crippen LogP contribution in [0.25, 0.3) is 0 Å². The Morgan fingerprint density at radius 1 is 1.20 bits per heavy atom. The number of fused-ring (bicyclic) bond motifs is 1. The van der Waals surface area contributed by atoms with Crippen LogP contribution >= 0.6 is 0 Å². The zero-order chi connectivity index (χ0) is 14.5. The van der Waals surface area contributed by atoms with Crippen molar-refractivity contribution in [1.29, 1.82) is 0 Å². The van der Waals surface area contributed by atoms with Gasteiger partial charge in [-0.05, 0) is 28.5 Å². The van der Waals surface area contributed by atoms with E-state index in [0.717, 1.165) is 23.6 Å². The van der Waals surface area contributed by atoms with Crippen LogP contribution in [0, 0.1) is 10.8 Å². The molecule has 20 heavy (non-hydrogen) atoms. The number of rotatable bonds is 4. The first-order valence-corrected chi connectivity index (χ1v) is 7.08. The number of hydrogen-bond donors (Lipinski definition) is 1. The third-order valence-electron chi connectivity index (χ3n) is 5.25. The molecule has 2 aliphatic rings. The van der Waals surface area contributed by atoms with Crippen LogP contribution in [-0.2, 0) is 6.54 Å². The third-order valence-corrected chi connectivity index (χ3v) is 5.25. The molecule has 1 aliphatic carbocycles. The van der Waals surface area contributed by atoms with Crippen LogP contribution in [-0.4, -0.2) is 19.9 Å². The SMILES string of the molecule is COc1cc(CNC2C(C)(C)C2(C)C)cc2c1OCO2. The Balaban J connectivity index is 1.73. The highest BCUT2D eigenvalue weighted by Crippen LogP contribution is 2.62. The summed E-state index contributed by atoms with van der Waals surface area (Å²) in [5.74, 6) is 2.23. The van der Waals surface area contributed by atoms with Gasteiger partial charge in [0.05, 0.1) is 7.11 Å². The van der Waals surface area contributed by atoms with Crippen LogP contribution in [0.4, 0.5) is 0 Å². The van der Waals surface area contributed by atoms with Crippen LogP contribution in [0.5, 0.6) is 17.2 Å². The van der Waals surface area contributed by atoms with Crippen molar-refractivity contribution in [2.24, 2.45) is 10.8 Å². The minimum absolute atomic E-state index is 0.269. The van der Waals surface area contributed by atoms with Crippen molar-refractivity contribution in [1.82, 2.24) is 5.32 Å². The molecule has 0 aromatic heterocycles. The van der Waals surface area contributed by atoms with E-state index in [0.29, 0.717) is 22.6 Å². The van der Waals surface area contributed by atoms with E-state index in [4.69, 9.17) is 14.2 Å². The van der Waals surface area contributed by atoms with Gasteiger partial charge in [0.25, 0.3) is 0 Å². The van der Waals surface area contributed by atoms with Gasteiger partial charge in [-0.1, -0.05) is 27.7 Å². The fraction of sp³-hybridized carbons (Fsp3) is 0.625. The van der Waals surface area contributed by atoms with E-state index < -0.39 is 0 Å². The minimum Gasteiger partial charge on any atom is -0.493 e. The molecule has 4 nitrogen and oxygen atoms in total. The molecule has 1 saturated carbocycles. The second-order valence-corrected chi connectivity index (χ2v) is 6.79. The maximum Gasteiger partial charge on any atom is 0.231 e. The first-order chi connectivity index (χ1) is 9.38. The van der Waals surface area contributed by atoms with E-state index >= 15 is 0 Å². The Bertz CT molecular complexity index is 523. The van der Waals surface area contributed by atoms with Gasteiger partial charge in [0, 0.05) is 12.6 Å². The molecule has 0 bridgehead atoms. The Labute approximate surface area is 120 Å². The largest absolute Gasteiger partial charge is 0.493 e. The lowest BCUT2D eigenvalue weighted by molar-refractivity contribution is 0.171. The number of ether oxygens (including phenoxy) is 3. The Morgan fingerprint density at radius 3 is 2.50 bits per heavy atom. The van der Waals surface area contributed by atoms with Gasteiger partial charge >= 0.3 is 0 Å². The van der Waals surface area contributed by atoms with Crippen molar-refractivity contribution in [3.05, 3.63) is 17.7 Å². The molecule has 0 atom stereocenters. The summed E-state index contributed by atoms with van der Waals surface area (Å²) in [6, 6.07) is 4.58. The predicted octanol–water partition coefficient (Wildman–Crippen LogP) is 2.95. The molecule has 1 heterocycles. The van der Waals surface area contributed by atoms with Crippen LogP contribution in [0.15, 0.2) is 12.1 Å². The summed E-state index contributed by atoms with van der Waals surface area (Å²) in [7, 11) is 1.65. The number of nitrogens with one attached hydrogen (secondary N) is 1. The van der Waals surface area contributed by atoms with Crippen LogP contribution < -0.4 is 19.5 Å². The molecule has 1 aromatic rings. The molecule has 110 valence electrons. The van der Waals surface area contributed by atoms with Crippen molar-refractivity contribution in [2.75, 3.05) is 13.9 Å².